The van der Waals surface area contributed by atoms with Crippen molar-refractivity contribution >= 4 is 5.78 Å². The van der Waals surface area contributed by atoms with E-state index in [1.54, 1.807) is 0 Å². The monoisotopic (exact) mass is 366 g/mol. The number of ketones is 1. The minimum atomic E-state index is -1.52. The van der Waals surface area contributed by atoms with Crippen molar-refractivity contribution < 1.29 is 25.2 Å². The molecule has 5 nitrogen and oxygen atoms in total. The van der Waals surface area contributed by atoms with E-state index in [2.05, 4.69) is 6.92 Å². The second-order valence-electron chi connectivity index (χ2n) is 10.2. The molecule has 0 bridgehead atoms. The van der Waals surface area contributed by atoms with Gasteiger partial charge >= 0.3 is 0 Å². The summed E-state index contributed by atoms with van der Waals surface area (Å²) >= 11 is 0. The lowest BCUT2D eigenvalue weighted by molar-refractivity contribution is -0.202. The number of fused-ring (bicyclic) bond motifs is 5. The molecular weight excluding hydrogens is 332 g/mol. The molecule has 148 valence electrons. The van der Waals surface area contributed by atoms with E-state index in [0.29, 0.717) is 24.7 Å². The summed E-state index contributed by atoms with van der Waals surface area (Å²) in [6.07, 6.45) is 5.48. The van der Waals surface area contributed by atoms with Crippen LogP contribution in [0.15, 0.2) is 0 Å². The molecule has 0 radical (unpaired) electrons. The summed E-state index contributed by atoms with van der Waals surface area (Å²) < 4.78 is 0. The van der Waals surface area contributed by atoms with Crippen LogP contribution in [0, 0.1) is 34.5 Å². The molecule has 0 spiro atoms. The van der Waals surface area contributed by atoms with Gasteiger partial charge in [-0.1, -0.05) is 13.8 Å². The van der Waals surface area contributed by atoms with Gasteiger partial charge in [-0.3, -0.25) is 4.79 Å². The molecule has 26 heavy (non-hydrogen) atoms. The number of carbonyl (C=O) groups is 1. The van der Waals surface area contributed by atoms with Crippen molar-refractivity contribution in [2.45, 2.75) is 83.0 Å². The smallest absolute Gasteiger partial charge is 0.190 e. The largest absolute Gasteiger partial charge is 0.393 e. The third-order valence-corrected chi connectivity index (χ3v) is 9.33. The summed E-state index contributed by atoms with van der Waals surface area (Å²) in [4.78, 5) is 12.4. The van der Waals surface area contributed by atoms with Crippen molar-refractivity contribution in [2.75, 3.05) is 6.61 Å². The van der Waals surface area contributed by atoms with Gasteiger partial charge in [-0.05, 0) is 80.5 Å². The van der Waals surface area contributed by atoms with E-state index in [1.807, 2.05) is 6.92 Å². The molecule has 0 aromatic carbocycles. The number of rotatable bonds is 2. The first kappa shape index (κ1) is 18.9. The average molecular weight is 366 g/mol. The van der Waals surface area contributed by atoms with Gasteiger partial charge in [0.1, 0.15) is 12.2 Å². The Labute approximate surface area is 155 Å². The van der Waals surface area contributed by atoms with Gasteiger partial charge in [-0.15, -0.1) is 0 Å². The first-order chi connectivity index (χ1) is 12.2. The van der Waals surface area contributed by atoms with Gasteiger partial charge in [-0.25, -0.2) is 0 Å². The molecule has 9 atom stereocenters. The van der Waals surface area contributed by atoms with Crippen LogP contribution in [-0.2, 0) is 4.79 Å². The highest BCUT2D eigenvalue weighted by molar-refractivity contribution is 5.89. The van der Waals surface area contributed by atoms with Crippen LogP contribution < -0.4 is 0 Å². The van der Waals surface area contributed by atoms with Crippen LogP contribution in [0.4, 0.5) is 0 Å². The third-order valence-electron chi connectivity index (χ3n) is 9.33. The maximum absolute atomic E-state index is 12.4. The second kappa shape index (κ2) is 6.00. The lowest BCUT2D eigenvalue weighted by Crippen LogP contribution is -2.63. The molecule has 4 saturated carbocycles. The summed E-state index contributed by atoms with van der Waals surface area (Å²) in [6.45, 7) is 3.61. The topological polar surface area (TPSA) is 98.0 Å². The minimum absolute atomic E-state index is 0.0323. The van der Waals surface area contributed by atoms with Gasteiger partial charge in [0.2, 0.25) is 0 Å². The molecule has 0 heterocycles. The van der Waals surface area contributed by atoms with Gasteiger partial charge in [0.25, 0.3) is 0 Å². The van der Waals surface area contributed by atoms with Crippen LogP contribution in [0.2, 0.25) is 0 Å². The first-order valence-electron chi connectivity index (χ1n) is 10.4. The number of hydrogen-bond acceptors (Lipinski definition) is 5. The number of aliphatic hydroxyl groups excluding tert-OH is 3. The summed E-state index contributed by atoms with van der Waals surface area (Å²) in [5, 5.41) is 41.9. The molecule has 0 aromatic heterocycles. The number of hydrogen-bond donors (Lipinski definition) is 4. The van der Waals surface area contributed by atoms with Crippen molar-refractivity contribution in [3.63, 3.8) is 0 Å². The Balaban J connectivity index is 1.69. The third kappa shape index (κ3) is 2.27. The summed E-state index contributed by atoms with van der Waals surface area (Å²) in [5.41, 5.74) is -2.14. The molecule has 0 amide bonds. The molecule has 4 rings (SSSR count). The highest BCUT2D eigenvalue weighted by atomic mass is 16.3. The maximum atomic E-state index is 12.4. The fourth-order valence-electron chi connectivity index (χ4n) is 7.95. The summed E-state index contributed by atoms with van der Waals surface area (Å²) in [5.74, 6) is 0.653. The van der Waals surface area contributed by atoms with Crippen molar-refractivity contribution in [2.24, 2.45) is 34.5 Å². The number of carbonyl (C=O) groups excluding carboxylic acids is 1. The number of Topliss-reactive ketones (excluding diaryl/α,β-unsaturated/α-hetero) is 1. The Morgan fingerprint density at radius 2 is 1.81 bits per heavy atom. The Kier molecular flexibility index (Phi) is 4.35. The SMILES string of the molecule is C[C@]12CC[C@H](O)C[C@@H]1CC[C@H]1[C@H]2[C@@H](O)C[C@@]2(C)[C@@H]1CC[C@@]2(O)C(=O)CO. The van der Waals surface area contributed by atoms with E-state index in [9.17, 15) is 25.2 Å². The predicted molar refractivity (Wildman–Crippen MR) is 96.2 cm³/mol. The van der Waals surface area contributed by atoms with Crippen LogP contribution >= 0.6 is 0 Å². The van der Waals surface area contributed by atoms with E-state index in [-0.39, 0.29) is 23.4 Å². The van der Waals surface area contributed by atoms with E-state index < -0.39 is 29.5 Å². The Morgan fingerprint density at radius 1 is 1.08 bits per heavy atom. The van der Waals surface area contributed by atoms with Crippen LogP contribution in [0.1, 0.15) is 65.2 Å². The van der Waals surface area contributed by atoms with Gasteiger partial charge < -0.3 is 20.4 Å². The maximum Gasteiger partial charge on any atom is 0.190 e. The minimum Gasteiger partial charge on any atom is -0.393 e. The fourth-order valence-corrected chi connectivity index (χ4v) is 7.95. The molecule has 0 aromatic rings. The standard InChI is InChI=1S/C21H34O5/c1-19-7-5-13(23)9-12(19)3-4-14-15-6-8-21(26,17(25)11-22)20(15,2)10-16(24)18(14)19/h12-16,18,22-24,26H,3-11H2,1-2H3/t12-,13-,14+,15+,16-,18-,19-,20-,21+/m0/s1. The highest BCUT2D eigenvalue weighted by Crippen LogP contribution is 2.68. The zero-order valence-corrected chi connectivity index (χ0v) is 16.0. The average Bonchev–Trinajstić information content (AvgIpc) is 2.86. The zero-order chi connectivity index (χ0) is 18.9. The van der Waals surface area contributed by atoms with E-state index in [1.165, 1.54) is 0 Å². The molecule has 4 aliphatic carbocycles. The number of aliphatic hydroxyl groups is 4. The van der Waals surface area contributed by atoms with Crippen molar-refractivity contribution in [1.82, 2.24) is 0 Å². The van der Waals surface area contributed by atoms with Crippen molar-refractivity contribution in [1.29, 1.82) is 0 Å². The quantitative estimate of drug-likeness (QED) is 0.596. The normalized spacial score (nSPS) is 56.4. The van der Waals surface area contributed by atoms with Crippen LogP contribution in [0.3, 0.4) is 0 Å². The highest BCUT2D eigenvalue weighted by Gasteiger charge is 2.68. The molecule has 0 unspecified atom stereocenters. The molecule has 4 fully saturated rings. The molecule has 0 saturated heterocycles. The molecule has 4 aliphatic rings. The molecule has 4 N–H and O–H groups in total. The van der Waals surface area contributed by atoms with E-state index in [0.717, 1.165) is 38.5 Å². The molecule has 5 heteroatoms. The lowest BCUT2D eigenvalue weighted by Gasteiger charge is -2.62. The Morgan fingerprint density at radius 3 is 2.50 bits per heavy atom. The second-order valence-corrected chi connectivity index (χ2v) is 10.2. The van der Waals surface area contributed by atoms with Crippen molar-refractivity contribution in [3.05, 3.63) is 0 Å². The van der Waals surface area contributed by atoms with Crippen LogP contribution in [-0.4, -0.2) is 50.6 Å². The fraction of sp³-hybridized carbons (Fsp3) is 0.952. The van der Waals surface area contributed by atoms with Gasteiger partial charge in [-0.2, -0.15) is 0 Å². The lowest BCUT2D eigenvalue weighted by atomic mass is 9.43. The Hall–Kier alpha value is -0.490. The molecular formula is C21H34O5. The Bertz CT molecular complexity index is 593. The van der Waals surface area contributed by atoms with Gasteiger partial charge in [0, 0.05) is 5.41 Å². The van der Waals surface area contributed by atoms with Crippen LogP contribution in [0.25, 0.3) is 0 Å². The van der Waals surface area contributed by atoms with E-state index >= 15 is 0 Å². The zero-order valence-electron chi connectivity index (χ0n) is 16.0. The first-order valence-corrected chi connectivity index (χ1v) is 10.4. The van der Waals surface area contributed by atoms with Crippen molar-refractivity contribution in [3.8, 4) is 0 Å². The van der Waals surface area contributed by atoms with Gasteiger partial charge in [0.05, 0.1) is 12.2 Å². The molecule has 0 aliphatic heterocycles. The van der Waals surface area contributed by atoms with E-state index in [4.69, 9.17) is 0 Å². The van der Waals surface area contributed by atoms with Crippen LogP contribution in [0.5, 0.6) is 0 Å². The van der Waals surface area contributed by atoms with Gasteiger partial charge in [0.15, 0.2) is 5.78 Å². The summed E-state index contributed by atoms with van der Waals surface area (Å²) in [7, 11) is 0. The summed E-state index contributed by atoms with van der Waals surface area (Å²) in [6, 6.07) is 0. The predicted octanol–water partition coefficient (Wildman–Crippen LogP) is 1.65.